The number of hydrogen-bond acceptors (Lipinski definition) is 2. The lowest BCUT2D eigenvalue weighted by Crippen LogP contribution is -2.39. The molecule has 0 saturated carbocycles. The summed E-state index contributed by atoms with van der Waals surface area (Å²) < 4.78 is 0. The predicted octanol–water partition coefficient (Wildman–Crippen LogP) is 1.59. The zero-order chi connectivity index (χ0) is 11.9. The number of benzene rings is 1. The Morgan fingerprint density at radius 1 is 1.24 bits per heavy atom. The van der Waals surface area contributed by atoms with Crippen LogP contribution in [0.25, 0.3) is 0 Å². The number of carbonyl (C=O) groups is 1. The van der Waals surface area contributed by atoms with Crippen molar-refractivity contribution in [1.82, 2.24) is 10.2 Å². The average molecular weight is 231 g/mol. The fourth-order valence-corrected chi connectivity index (χ4v) is 2.12. The molecule has 1 heterocycles. The third-order valence-corrected chi connectivity index (χ3v) is 3.09. The number of likely N-dealkylation sites (tertiary alicyclic amines) is 1. The molecule has 3 heteroatoms. The van der Waals surface area contributed by atoms with Gasteiger partial charge in [-0.05, 0) is 37.6 Å². The molecular weight excluding hydrogens is 212 g/mol. The Morgan fingerprint density at radius 3 is 2.65 bits per heavy atom. The summed E-state index contributed by atoms with van der Waals surface area (Å²) in [5.41, 5.74) is 1.12. The minimum Gasteiger partial charge on any atom is -0.351 e. The number of nitrogens with one attached hydrogen (secondary N) is 1. The topological polar surface area (TPSA) is 32.3 Å². The van der Waals surface area contributed by atoms with E-state index in [1.165, 1.54) is 19.3 Å². The van der Waals surface area contributed by atoms with E-state index < -0.39 is 0 Å². The van der Waals surface area contributed by atoms with Crippen LogP contribution in [0.15, 0.2) is 24.3 Å². The summed E-state index contributed by atoms with van der Waals surface area (Å²) in [7, 11) is 0. The molecule has 91 valence electrons. The highest BCUT2D eigenvalue weighted by Gasteiger charge is 2.13. The summed E-state index contributed by atoms with van der Waals surface area (Å²) in [6.07, 6.45) is 3.75. The second-order valence-electron chi connectivity index (χ2n) is 4.52. The Kier molecular flexibility index (Phi) is 4.56. The van der Waals surface area contributed by atoms with E-state index in [0.29, 0.717) is 13.1 Å². The number of rotatable bonds is 4. The van der Waals surface area contributed by atoms with Gasteiger partial charge in [-0.3, -0.25) is 9.69 Å². The lowest BCUT2D eigenvalue weighted by molar-refractivity contribution is -0.122. The number of nitrogens with zero attached hydrogens (tertiary/aromatic N) is 1. The maximum atomic E-state index is 11.7. The molecule has 1 radical (unpaired) electrons. The molecule has 0 aromatic heterocycles. The molecule has 0 unspecified atom stereocenters. The molecule has 1 fully saturated rings. The SMILES string of the molecule is O=C(CN1CCCCC1)NCc1cc[c]cc1. The van der Waals surface area contributed by atoms with Gasteiger partial charge in [0.05, 0.1) is 6.54 Å². The minimum atomic E-state index is 0.125. The fourth-order valence-electron chi connectivity index (χ4n) is 2.12. The minimum absolute atomic E-state index is 0.125. The summed E-state index contributed by atoms with van der Waals surface area (Å²) in [4.78, 5) is 14.0. The second-order valence-corrected chi connectivity index (χ2v) is 4.52. The Bertz CT molecular complexity index is 344. The molecular formula is C14H19N2O. The van der Waals surface area contributed by atoms with Crippen molar-refractivity contribution in [2.45, 2.75) is 25.8 Å². The predicted molar refractivity (Wildman–Crippen MR) is 67.4 cm³/mol. The Hall–Kier alpha value is -1.35. The zero-order valence-electron chi connectivity index (χ0n) is 10.1. The highest BCUT2D eigenvalue weighted by Crippen LogP contribution is 2.07. The smallest absolute Gasteiger partial charge is 0.234 e. The van der Waals surface area contributed by atoms with Gasteiger partial charge < -0.3 is 5.32 Å². The van der Waals surface area contributed by atoms with Crippen LogP contribution in [-0.2, 0) is 11.3 Å². The number of hydrogen-bond donors (Lipinski definition) is 1. The zero-order valence-corrected chi connectivity index (χ0v) is 10.1. The van der Waals surface area contributed by atoms with E-state index in [1.807, 2.05) is 24.3 Å². The first-order valence-electron chi connectivity index (χ1n) is 6.28. The number of amides is 1. The van der Waals surface area contributed by atoms with Crippen molar-refractivity contribution in [2.24, 2.45) is 0 Å². The van der Waals surface area contributed by atoms with Crippen molar-refractivity contribution in [1.29, 1.82) is 0 Å². The van der Waals surface area contributed by atoms with Crippen molar-refractivity contribution < 1.29 is 4.79 Å². The van der Waals surface area contributed by atoms with E-state index in [2.05, 4.69) is 16.3 Å². The molecule has 0 bridgehead atoms. The van der Waals surface area contributed by atoms with Gasteiger partial charge in [0.1, 0.15) is 0 Å². The summed E-state index contributed by atoms with van der Waals surface area (Å²) in [6.45, 7) is 3.28. The molecule has 1 amide bonds. The van der Waals surface area contributed by atoms with Crippen molar-refractivity contribution >= 4 is 5.91 Å². The molecule has 1 aliphatic heterocycles. The van der Waals surface area contributed by atoms with E-state index >= 15 is 0 Å². The molecule has 2 rings (SSSR count). The molecule has 1 saturated heterocycles. The largest absolute Gasteiger partial charge is 0.351 e. The van der Waals surface area contributed by atoms with Crippen molar-refractivity contribution in [3.8, 4) is 0 Å². The molecule has 1 aliphatic rings. The fraction of sp³-hybridized carbons (Fsp3) is 0.500. The van der Waals surface area contributed by atoms with E-state index in [-0.39, 0.29) is 5.91 Å². The molecule has 3 nitrogen and oxygen atoms in total. The normalized spacial score (nSPS) is 16.7. The van der Waals surface area contributed by atoms with Crippen molar-refractivity contribution in [3.05, 3.63) is 35.9 Å². The van der Waals surface area contributed by atoms with Gasteiger partial charge in [0.25, 0.3) is 0 Å². The molecule has 1 N–H and O–H groups in total. The van der Waals surface area contributed by atoms with Gasteiger partial charge in [0.2, 0.25) is 5.91 Å². The van der Waals surface area contributed by atoms with Crippen LogP contribution in [0.3, 0.4) is 0 Å². The van der Waals surface area contributed by atoms with Crippen LogP contribution in [0.2, 0.25) is 0 Å². The quantitative estimate of drug-likeness (QED) is 0.853. The van der Waals surface area contributed by atoms with Crippen LogP contribution in [-0.4, -0.2) is 30.4 Å². The van der Waals surface area contributed by atoms with E-state index in [0.717, 1.165) is 18.7 Å². The summed E-state index contributed by atoms with van der Waals surface area (Å²) >= 11 is 0. The summed E-state index contributed by atoms with van der Waals surface area (Å²) in [5, 5.41) is 2.95. The van der Waals surface area contributed by atoms with Crippen molar-refractivity contribution in [2.75, 3.05) is 19.6 Å². The van der Waals surface area contributed by atoms with Crippen LogP contribution >= 0.6 is 0 Å². The second kappa shape index (κ2) is 6.40. The number of carbonyl (C=O) groups excluding carboxylic acids is 1. The Balaban J connectivity index is 1.70. The average Bonchev–Trinajstić information content (AvgIpc) is 2.39. The van der Waals surface area contributed by atoms with Gasteiger partial charge in [-0.15, -0.1) is 0 Å². The van der Waals surface area contributed by atoms with Crippen LogP contribution in [0.4, 0.5) is 0 Å². The third kappa shape index (κ3) is 4.19. The van der Waals surface area contributed by atoms with Crippen LogP contribution < -0.4 is 5.32 Å². The maximum absolute atomic E-state index is 11.7. The highest BCUT2D eigenvalue weighted by molar-refractivity contribution is 5.78. The first-order chi connectivity index (χ1) is 8.34. The van der Waals surface area contributed by atoms with E-state index in [4.69, 9.17) is 0 Å². The van der Waals surface area contributed by atoms with Gasteiger partial charge in [-0.1, -0.05) is 30.7 Å². The van der Waals surface area contributed by atoms with Gasteiger partial charge in [-0.25, -0.2) is 0 Å². The molecule has 0 atom stereocenters. The highest BCUT2D eigenvalue weighted by atomic mass is 16.2. The first-order valence-corrected chi connectivity index (χ1v) is 6.28. The van der Waals surface area contributed by atoms with Gasteiger partial charge in [0.15, 0.2) is 0 Å². The third-order valence-electron chi connectivity index (χ3n) is 3.09. The standard InChI is InChI=1S/C14H19N2O/c17-14(12-16-9-5-2-6-10-16)15-11-13-7-3-1-4-8-13/h3-4,7-8H,2,5-6,9-12H2,(H,15,17). The van der Waals surface area contributed by atoms with Gasteiger partial charge in [0, 0.05) is 6.54 Å². The van der Waals surface area contributed by atoms with E-state index in [1.54, 1.807) is 0 Å². The van der Waals surface area contributed by atoms with Crippen LogP contribution in [0, 0.1) is 6.07 Å². The monoisotopic (exact) mass is 231 g/mol. The molecule has 17 heavy (non-hydrogen) atoms. The Morgan fingerprint density at radius 2 is 1.94 bits per heavy atom. The molecule has 0 spiro atoms. The van der Waals surface area contributed by atoms with Gasteiger partial charge in [-0.2, -0.15) is 0 Å². The summed E-state index contributed by atoms with van der Waals surface area (Å²) in [6, 6.07) is 10.6. The van der Waals surface area contributed by atoms with E-state index in [9.17, 15) is 4.79 Å². The van der Waals surface area contributed by atoms with Crippen LogP contribution in [0.1, 0.15) is 24.8 Å². The van der Waals surface area contributed by atoms with Gasteiger partial charge >= 0.3 is 0 Å². The lowest BCUT2D eigenvalue weighted by Gasteiger charge is -2.25. The lowest BCUT2D eigenvalue weighted by atomic mass is 10.1. The Labute approximate surface area is 103 Å². The number of piperidine rings is 1. The summed E-state index contributed by atoms with van der Waals surface area (Å²) in [5.74, 6) is 0.125. The maximum Gasteiger partial charge on any atom is 0.234 e. The van der Waals surface area contributed by atoms with Crippen molar-refractivity contribution in [3.63, 3.8) is 0 Å². The molecule has 1 aromatic carbocycles. The molecule has 1 aromatic rings. The first kappa shape index (κ1) is 12.1. The van der Waals surface area contributed by atoms with Crippen LogP contribution in [0.5, 0.6) is 0 Å². The molecule has 0 aliphatic carbocycles.